The zero-order valence-corrected chi connectivity index (χ0v) is 49.7. The Morgan fingerprint density at radius 3 is 2.13 bits per heavy atom. The number of aromatic nitrogens is 2. The highest BCUT2D eigenvalue weighted by atomic mass is 19.1. The van der Waals surface area contributed by atoms with Gasteiger partial charge in [0.25, 0.3) is 0 Å². The Balaban J connectivity index is 0.656. The number of hydrogen-bond acceptors (Lipinski definition) is 13. The fourth-order valence-corrected chi connectivity index (χ4v) is 13.0. The van der Waals surface area contributed by atoms with E-state index >= 15 is 8.78 Å². The molecular formula is C64H90F2N12O5. The van der Waals surface area contributed by atoms with Gasteiger partial charge in [-0.15, -0.1) is 0 Å². The number of piperazine rings is 1. The van der Waals surface area contributed by atoms with Crippen molar-refractivity contribution in [2.45, 2.75) is 136 Å². The van der Waals surface area contributed by atoms with Crippen LogP contribution in [0.25, 0.3) is 0 Å². The first-order valence-corrected chi connectivity index (χ1v) is 30.5. The van der Waals surface area contributed by atoms with Crippen LogP contribution >= 0.6 is 0 Å². The number of nitrogens with one attached hydrogen (secondary N) is 5. The van der Waals surface area contributed by atoms with Crippen molar-refractivity contribution in [3.8, 4) is 0 Å². The standard InChI is InChI=1S/C64H90F2N12O5/c1-45(2)31-53(72-61(83)59(81)46(3)32-47-11-7-6-8-12-47)60(82)67-22-10-23-75-27-18-63(41-75)19-28-76(42-63)24-15-57(79)69-38-49-14-9-13-48(33-49)37-68-55-36-56(71-44-70-55)77-29-20-64(21-30-77)43-78(40-58(80)73-64)54-35-51(65)50(34-52(54)66)39-74-25-16-62(4,5)17-26-74/h6-9,11-14,33-36,44-46,53,59,81H,10,15-32,37-43H2,1-5H3,(H,67,82)(H,69,79)(H,72,83)(H,73,80)(H,68,70,71)/t46-,53+,59+,63+/m1/s1. The lowest BCUT2D eigenvalue weighted by Gasteiger charge is -2.48. The number of aliphatic hydroxyl groups is 1. The van der Waals surface area contributed by atoms with E-state index < -0.39 is 35.2 Å². The molecule has 5 fully saturated rings. The van der Waals surface area contributed by atoms with Crippen LogP contribution in [-0.2, 0) is 45.2 Å². The van der Waals surface area contributed by atoms with Crippen molar-refractivity contribution in [2.24, 2.45) is 22.7 Å². The summed E-state index contributed by atoms with van der Waals surface area (Å²) in [6.45, 7) is 21.0. The molecule has 1 aromatic heterocycles. The molecule has 6 heterocycles. The second-order valence-electron chi connectivity index (χ2n) is 26.0. The monoisotopic (exact) mass is 1140 g/mol. The number of anilines is 3. The van der Waals surface area contributed by atoms with Gasteiger partial charge in [0, 0.05) is 89.6 Å². The van der Waals surface area contributed by atoms with Gasteiger partial charge in [-0.25, -0.2) is 18.7 Å². The lowest BCUT2D eigenvalue weighted by molar-refractivity contribution is -0.136. The molecule has 4 atom stereocenters. The molecule has 4 amide bonds. The predicted octanol–water partition coefficient (Wildman–Crippen LogP) is 6.65. The van der Waals surface area contributed by atoms with Crippen LogP contribution in [0.4, 0.5) is 26.1 Å². The molecule has 17 nitrogen and oxygen atoms in total. The van der Waals surface area contributed by atoms with E-state index in [2.05, 4.69) is 76.1 Å². The van der Waals surface area contributed by atoms with Gasteiger partial charge in [0.15, 0.2) is 0 Å². The normalized spacial score (nSPS) is 21.2. The van der Waals surface area contributed by atoms with Gasteiger partial charge >= 0.3 is 0 Å². The van der Waals surface area contributed by atoms with Crippen molar-refractivity contribution >= 4 is 41.0 Å². The Labute approximate surface area is 490 Å². The molecule has 3 aromatic carbocycles. The molecule has 83 heavy (non-hydrogen) atoms. The maximum atomic E-state index is 15.8. The predicted molar refractivity (Wildman–Crippen MR) is 320 cm³/mol. The Morgan fingerprint density at radius 2 is 1.41 bits per heavy atom. The summed E-state index contributed by atoms with van der Waals surface area (Å²) in [5.74, 6) is -0.554. The van der Waals surface area contributed by atoms with Crippen molar-refractivity contribution < 1.29 is 33.1 Å². The number of carbonyl (C=O) groups excluding carboxylic acids is 4. The number of likely N-dealkylation sites (tertiary alicyclic amines) is 3. The molecule has 4 aromatic rings. The SMILES string of the molecule is CC(C)C[C@H](NC(=O)[C@@H](O)[C@H](C)Cc1ccccc1)C(=O)NCCCN1CC[C@]2(CCN(CCC(=O)NCc3cccc(CNc4cc(N5CCC6(CC5)CN(c5cc(F)c(CN7CCC(C)(C)CC7)cc5F)CC(=O)N6)ncn4)c3)C2)C1. The second kappa shape index (κ2) is 27.6. The van der Waals surface area contributed by atoms with Crippen LogP contribution in [0.1, 0.15) is 115 Å². The van der Waals surface area contributed by atoms with E-state index in [0.717, 1.165) is 100 Å². The molecule has 450 valence electrons. The topological polar surface area (TPSA) is 191 Å². The molecule has 0 saturated carbocycles. The molecule has 5 aliphatic rings. The highest BCUT2D eigenvalue weighted by Crippen LogP contribution is 2.40. The number of halogens is 2. The van der Waals surface area contributed by atoms with E-state index in [1.807, 2.05) is 75.4 Å². The Kier molecular flexibility index (Phi) is 20.4. The maximum Gasteiger partial charge on any atom is 0.249 e. The Morgan fingerprint density at radius 1 is 0.723 bits per heavy atom. The van der Waals surface area contributed by atoms with Crippen molar-refractivity contribution in [1.82, 2.24) is 45.9 Å². The first-order valence-electron chi connectivity index (χ1n) is 30.5. The third-order valence-electron chi connectivity index (χ3n) is 18.1. The smallest absolute Gasteiger partial charge is 0.249 e. The molecule has 0 radical (unpaired) electrons. The van der Waals surface area contributed by atoms with Crippen LogP contribution < -0.4 is 36.4 Å². The summed E-state index contributed by atoms with van der Waals surface area (Å²) < 4.78 is 31.3. The van der Waals surface area contributed by atoms with Gasteiger partial charge in [-0.1, -0.05) is 89.2 Å². The number of rotatable bonds is 24. The van der Waals surface area contributed by atoms with E-state index in [-0.39, 0.29) is 52.6 Å². The number of aliphatic hydroxyl groups excluding tert-OH is 1. The maximum absolute atomic E-state index is 15.8. The van der Waals surface area contributed by atoms with Crippen LogP contribution in [-0.4, -0.2) is 156 Å². The van der Waals surface area contributed by atoms with E-state index in [1.165, 1.54) is 12.1 Å². The molecule has 5 aliphatic heterocycles. The molecule has 5 saturated heterocycles. The average molecular weight is 1150 g/mol. The van der Waals surface area contributed by atoms with Gasteiger partial charge < -0.3 is 51.3 Å². The third kappa shape index (κ3) is 17.0. The number of piperidine rings is 2. The minimum atomic E-state index is -1.22. The zero-order valence-electron chi connectivity index (χ0n) is 49.7. The van der Waals surface area contributed by atoms with Gasteiger partial charge in [-0.3, -0.25) is 24.1 Å². The van der Waals surface area contributed by atoms with Crippen LogP contribution in [0.15, 0.2) is 79.1 Å². The summed E-state index contributed by atoms with van der Waals surface area (Å²) in [4.78, 5) is 72.7. The van der Waals surface area contributed by atoms with Gasteiger partial charge in [0.1, 0.15) is 41.7 Å². The van der Waals surface area contributed by atoms with E-state index in [1.54, 1.807) is 11.2 Å². The molecule has 9 rings (SSSR count). The largest absolute Gasteiger partial charge is 0.383 e. The number of benzene rings is 3. The third-order valence-corrected chi connectivity index (χ3v) is 18.1. The van der Waals surface area contributed by atoms with Crippen LogP contribution in [0.2, 0.25) is 0 Å². The highest BCUT2D eigenvalue weighted by molar-refractivity contribution is 5.89. The number of hydrogen-bond donors (Lipinski definition) is 6. The van der Waals surface area contributed by atoms with Crippen molar-refractivity contribution in [1.29, 1.82) is 0 Å². The molecule has 19 heteroatoms. The Hall–Kier alpha value is -6.28. The average Bonchev–Trinajstić information content (AvgIpc) is 4.19. The molecule has 6 N–H and O–H groups in total. The van der Waals surface area contributed by atoms with Crippen molar-refractivity contribution in [2.75, 3.05) is 100 Å². The van der Waals surface area contributed by atoms with Gasteiger partial charge in [0.2, 0.25) is 23.6 Å². The van der Waals surface area contributed by atoms with E-state index in [4.69, 9.17) is 0 Å². The molecule has 2 spiro atoms. The van der Waals surface area contributed by atoms with Crippen LogP contribution in [0, 0.1) is 34.3 Å². The summed E-state index contributed by atoms with van der Waals surface area (Å²) in [6, 6.07) is 21.7. The molecule has 0 bridgehead atoms. The van der Waals surface area contributed by atoms with Crippen molar-refractivity contribution in [3.05, 3.63) is 113 Å². The summed E-state index contributed by atoms with van der Waals surface area (Å²) >= 11 is 0. The first kappa shape index (κ1) is 61.3. The second-order valence-corrected chi connectivity index (χ2v) is 26.0. The number of nitrogens with zero attached hydrogens (tertiary/aromatic N) is 7. The summed E-state index contributed by atoms with van der Waals surface area (Å²) in [5, 5.41) is 26.5. The quantitative estimate of drug-likeness (QED) is 0.0410. The lowest BCUT2D eigenvalue weighted by Crippen LogP contribution is -2.66. The van der Waals surface area contributed by atoms with E-state index in [9.17, 15) is 24.3 Å². The van der Waals surface area contributed by atoms with Gasteiger partial charge in [-0.05, 0) is 136 Å². The molecular weight excluding hydrogens is 1050 g/mol. The van der Waals surface area contributed by atoms with Crippen LogP contribution in [0.3, 0.4) is 0 Å². The summed E-state index contributed by atoms with van der Waals surface area (Å²) in [6.07, 6.45) is 8.07. The minimum absolute atomic E-state index is 0.0239. The van der Waals surface area contributed by atoms with Gasteiger partial charge in [-0.2, -0.15) is 0 Å². The fraction of sp³-hybridized carbons (Fsp3) is 0.594. The highest BCUT2D eigenvalue weighted by Gasteiger charge is 2.44. The first-order chi connectivity index (χ1) is 39.8. The summed E-state index contributed by atoms with van der Waals surface area (Å²) in [7, 11) is 0. The number of amides is 4. The van der Waals surface area contributed by atoms with Gasteiger partial charge in [0.05, 0.1) is 17.8 Å². The summed E-state index contributed by atoms with van der Waals surface area (Å²) in [5.41, 5.74) is 3.46. The Bertz CT molecular complexity index is 2840. The minimum Gasteiger partial charge on any atom is -0.383 e. The zero-order chi connectivity index (χ0) is 58.7. The number of carbonyl (C=O) groups is 4. The fourth-order valence-electron chi connectivity index (χ4n) is 13.0. The lowest BCUT2D eigenvalue weighted by atomic mass is 9.82. The van der Waals surface area contributed by atoms with Crippen molar-refractivity contribution in [3.63, 3.8) is 0 Å². The molecule has 0 unspecified atom stereocenters. The van der Waals surface area contributed by atoms with E-state index in [0.29, 0.717) is 95.8 Å². The molecule has 0 aliphatic carbocycles. The van der Waals surface area contributed by atoms with Crippen LogP contribution in [0.5, 0.6) is 0 Å².